The highest BCUT2D eigenvalue weighted by atomic mass is 16.7. The van der Waals surface area contributed by atoms with E-state index < -0.39 is 74.0 Å². The maximum absolute atomic E-state index is 12.9. The van der Waals surface area contributed by atoms with Gasteiger partial charge in [-0.3, -0.25) is 0 Å². The summed E-state index contributed by atoms with van der Waals surface area (Å²) in [6, 6.07) is 9.16. The van der Waals surface area contributed by atoms with Crippen LogP contribution in [0.3, 0.4) is 0 Å². The Morgan fingerprint density at radius 1 is 0.848 bits per heavy atom. The Morgan fingerprint density at radius 3 is 2.26 bits per heavy atom. The van der Waals surface area contributed by atoms with Crippen LogP contribution < -0.4 is 9.47 Å². The molecule has 0 aromatic heterocycles. The normalized spacial score (nSPS) is 31.5. The summed E-state index contributed by atoms with van der Waals surface area (Å²) in [5, 5.41) is 72.3. The zero-order chi connectivity index (χ0) is 33.5. The number of methoxy groups -OCH3 is 2. The molecule has 0 bridgehead atoms. The van der Waals surface area contributed by atoms with Crippen LogP contribution in [0.25, 0.3) is 6.08 Å². The molecule has 0 aliphatic carbocycles. The molecule has 2 heterocycles. The second-order valence-electron chi connectivity index (χ2n) is 10.8. The number of hydrogen-bond donors (Lipinski definition) is 7. The molecule has 0 saturated carbocycles. The van der Waals surface area contributed by atoms with Crippen molar-refractivity contribution in [1.29, 1.82) is 0 Å². The Hall–Kier alpha value is -3.51. The van der Waals surface area contributed by atoms with E-state index in [4.69, 9.17) is 33.2 Å². The molecule has 15 heteroatoms. The van der Waals surface area contributed by atoms with Gasteiger partial charge in [-0.1, -0.05) is 12.1 Å². The number of ether oxygens (including phenoxy) is 7. The molecular weight excluding hydrogens is 612 g/mol. The zero-order valence-corrected chi connectivity index (χ0v) is 25.4. The minimum Gasteiger partial charge on any atom is -0.504 e. The number of rotatable bonds is 12. The lowest BCUT2D eigenvalue weighted by molar-refractivity contribution is -0.357. The number of aromatic hydroxyl groups is 2. The van der Waals surface area contributed by atoms with Gasteiger partial charge in [0.15, 0.2) is 41.7 Å². The Labute approximate surface area is 264 Å². The van der Waals surface area contributed by atoms with Crippen LogP contribution in [0.2, 0.25) is 0 Å². The topological polar surface area (TPSA) is 223 Å². The van der Waals surface area contributed by atoms with Gasteiger partial charge in [-0.05, 0) is 54.8 Å². The molecule has 2 aliphatic rings. The molecule has 2 aromatic rings. The predicted octanol–water partition coefficient (Wildman–Crippen LogP) is -0.410. The fourth-order valence-electron chi connectivity index (χ4n) is 5.08. The van der Waals surface area contributed by atoms with E-state index in [2.05, 4.69) is 0 Å². The van der Waals surface area contributed by atoms with Crippen molar-refractivity contribution < 1.29 is 73.7 Å². The lowest BCUT2D eigenvalue weighted by Crippen LogP contribution is -2.65. The lowest BCUT2D eigenvalue weighted by Gasteiger charge is -2.46. The second-order valence-corrected chi connectivity index (χ2v) is 10.8. The SMILES string of the molecule is COc1ccc(CCO[C@@H]2O[C@H](CO)[C@@H](OC(=O)/C=C\c3ccc(O)c(OC)c3)[C@H](O[C@@H]3O[C@@H](C)[C@H](O)[C@@H](O)[C@H]3O)[C@H]2O)cc1O. The van der Waals surface area contributed by atoms with Crippen molar-refractivity contribution >= 4 is 12.0 Å². The molecule has 2 aromatic carbocycles. The maximum atomic E-state index is 12.9. The monoisotopic (exact) mass is 652 g/mol. The first kappa shape index (κ1) is 35.3. The van der Waals surface area contributed by atoms with Gasteiger partial charge in [0.1, 0.15) is 36.6 Å². The third kappa shape index (κ3) is 8.25. The molecule has 2 aliphatic heterocycles. The Balaban J connectivity index is 1.52. The summed E-state index contributed by atoms with van der Waals surface area (Å²) in [7, 11) is 2.79. The summed E-state index contributed by atoms with van der Waals surface area (Å²) in [6.45, 7) is 0.712. The van der Waals surface area contributed by atoms with E-state index in [0.717, 1.165) is 6.08 Å². The summed E-state index contributed by atoms with van der Waals surface area (Å²) < 4.78 is 38.6. The Kier molecular flexibility index (Phi) is 12.2. The third-order valence-electron chi connectivity index (χ3n) is 7.68. The van der Waals surface area contributed by atoms with Crippen molar-refractivity contribution in [2.24, 2.45) is 0 Å². The molecule has 0 spiro atoms. The molecule has 46 heavy (non-hydrogen) atoms. The first-order valence-corrected chi connectivity index (χ1v) is 14.5. The van der Waals surface area contributed by atoms with Crippen LogP contribution in [0.5, 0.6) is 23.0 Å². The number of carbonyl (C=O) groups excluding carboxylic acids is 1. The second kappa shape index (κ2) is 15.9. The molecule has 7 N–H and O–H groups in total. The number of carbonyl (C=O) groups is 1. The van der Waals surface area contributed by atoms with E-state index in [1.807, 2.05) is 0 Å². The number of esters is 1. The van der Waals surface area contributed by atoms with Crippen LogP contribution >= 0.6 is 0 Å². The summed E-state index contributed by atoms with van der Waals surface area (Å²) >= 11 is 0. The molecular formula is C31H40O15. The van der Waals surface area contributed by atoms with Gasteiger partial charge in [-0.2, -0.15) is 0 Å². The van der Waals surface area contributed by atoms with Crippen LogP contribution in [0.4, 0.5) is 0 Å². The molecule has 15 nitrogen and oxygen atoms in total. The fourth-order valence-corrected chi connectivity index (χ4v) is 5.08. The molecule has 254 valence electrons. The molecule has 0 unspecified atom stereocenters. The van der Waals surface area contributed by atoms with Crippen LogP contribution in [0.1, 0.15) is 18.1 Å². The zero-order valence-electron chi connectivity index (χ0n) is 25.4. The molecule has 10 atom stereocenters. The molecule has 2 fully saturated rings. The largest absolute Gasteiger partial charge is 0.504 e. The van der Waals surface area contributed by atoms with Gasteiger partial charge in [0, 0.05) is 6.08 Å². The number of aliphatic hydroxyl groups is 5. The lowest BCUT2D eigenvalue weighted by atomic mass is 9.97. The van der Waals surface area contributed by atoms with Gasteiger partial charge >= 0.3 is 5.97 Å². The van der Waals surface area contributed by atoms with Crippen molar-refractivity contribution in [2.45, 2.75) is 74.8 Å². The third-order valence-corrected chi connectivity index (χ3v) is 7.68. The smallest absolute Gasteiger partial charge is 0.331 e. The number of phenolic OH excluding ortho intramolecular Hbond substituents is 2. The van der Waals surface area contributed by atoms with Crippen molar-refractivity contribution in [3.8, 4) is 23.0 Å². The van der Waals surface area contributed by atoms with Gasteiger partial charge < -0.3 is 68.9 Å². The fraction of sp³-hybridized carbons (Fsp3) is 0.516. The maximum Gasteiger partial charge on any atom is 0.331 e. The van der Waals surface area contributed by atoms with Crippen molar-refractivity contribution in [1.82, 2.24) is 0 Å². The van der Waals surface area contributed by atoms with Crippen molar-refractivity contribution in [3.63, 3.8) is 0 Å². The van der Waals surface area contributed by atoms with Crippen molar-refractivity contribution in [2.75, 3.05) is 27.4 Å². The van der Waals surface area contributed by atoms with E-state index >= 15 is 0 Å². The van der Waals surface area contributed by atoms with E-state index in [0.29, 0.717) is 16.9 Å². The number of benzene rings is 2. The van der Waals surface area contributed by atoms with Gasteiger partial charge in [-0.15, -0.1) is 0 Å². The summed E-state index contributed by atoms with van der Waals surface area (Å²) in [5.41, 5.74) is 1.16. The predicted molar refractivity (Wildman–Crippen MR) is 157 cm³/mol. The summed E-state index contributed by atoms with van der Waals surface area (Å²) in [5.74, 6) is -0.625. The van der Waals surface area contributed by atoms with Gasteiger partial charge in [0.25, 0.3) is 0 Å². The Morgan fingerprint density at radius 2 is 1.59 bits per heavy atom. The quantitative estimate of drug-likeness (QED) is 0.114. The molecule has 0 radical (unpaired) electrons. The number of hydrogen-bond acceptors (Lipinski definition) is 15. The van der Waals surface area contributed by atoms with E-state index in [9.17, 15) is 40.5 Å². The van der Waals surface area contributed by atoms with Crippen LogP contribution in [-0.4, -0.2) is 131 Å². The molecule has 0 amide bonds. The van der Waals surface area contributed by atoms with Gasteiger partial charge in [0.05, 0.1) is 33.5 Å². The van der Waals surface area contributed by atoms with Gasteiger partial charge in [0.2, 0.25) is 0 Å². The minimum absolute atomic E-state index is 0.0217. The van der Waals surface area contributed by atoms with E-state index in [1.54, 1.807) is 12.1 Å². The minimum atomic E-state index is -1.75. The average Bonchev–Trinajstić information content (AvgIpc) is 3.04. The first-order valence-electron chi connectivity index (χ1n) is 14.5. The first-order chi connectivity index (χ1) is 22.0. The van der Waals surface area contributed by atoms with Crippen LogP contribution in [-0.2, 0) is 34.9 Å². The number of phenols is 2. The molecule has 4 rings (SSSR count). The highest BCUT2D eigenvalue weighted by Gasteiger charge is 2.52. The van der Waals surface area contributed by atoms with Gasteiger partial charge in [-0.25, -0.2) is 4.79 Å². The molecule has 2 saturated heterocycles. The van der Waals surface area contributed by atoms with E-state index in [1.165, 1.54) is 51.5 Å². The summed E-state index contributed by atoms with van der Waals surface area (Å²) in [6.07, 6.45) is -12.1. The van der Waals surface area contributed by atoms with Crippen LogP contribution in [0.15, 0.2) is 42.5 Å². The van der Waals surface area contributed by atoms with Crippen LogP contribution in [0, 0.1) is 0 Å². The standard InChI is InChI=1S/C31H40O15/c1-15-24(36)25(37)26(38)31(43-15)46-29-27(39)30(42-11-10-17-5-8-20(40-2)19(34)12-17)44-22(14-32)28(29)45-23(35)9-6-16-4-7-18(33)21(13-16)41-3/h4-9,12-13,15,22,24-34,36-39H,10-11,14H2,1-3H3/b9-6-/t15-,22+,24-,25+,26+,27+,28+,29+,30+,31-/m0/s1. The Bertz CT molecular complexity index is 1340. The summed E-state index contributed by atoms with van der Waals surface area (Å²) in [4.78, 5) is 12.9. The number of aliphatic hydroxyl groups excluding tert-OH is 5. The van der Waals surface area contributed by atoms with E-state index in [-0.39, 0.29) is 30.3 Å². The highest BCUT2D eigenvalue weighted by Crippen LogP contribution is 2.32. The highest BCUT2D eigenvalue weighted by molar-refractivity contribution is 5.87. The average molecular weight is 653 g/mol. The van der Waals surface area contributed by atoms with Crippen molar-refractivity contribution in [3.05, 3.63) is 53.6 Å².